The fraction of sp³-hybridized carbons (Fsp3) is 0.500. The maximum absolute atomic E-state index is 11.5. The van der Waals surface area contributed by atoms with Crippen LogP contribution in [0, 0.1) is 32.1 Å². The predicted molar refractivity (Wildman–Crippen MR) is 61.9 cm³/mol. The van der Waals surface area contributed by atoms with Crippen LogP contribution in [0.3, 0.4) is 0 Å². The van der Waals surface area contributed by atoms with Crippen molar-refractivity contribution in [2.45, 2.75) is 33.7 Å². The van der Waals surface area contributed by atoms with Crippen molar-refractivity contribution in [3.8, 4) is 6.07 Å². The summed E-state index contributed by atoms with van der Waals surface area (Å²) >= 11 is 0. The lowest BCUT2D eigenvalue weighted by atomic mass is 10.2. The summed E-state index contributed by atoms with van der Waals surface area (Å²) in [5.41, 5.74) is 3.54. The molecule has 16 heavy (non-hydrogen) atoms. The quantitative estimate of drug-likeness (QED) is 0.779. The van der Waals surface area contributed by atoms with E-state index in [-0.39, 0.29) is 5.91 Å². The van der Waals surface area contributed by atoms with Gasteiger partial charge in [-0.2, -0.15) is 5.26 Å². The van der Waals surface area contributed by atoms with E-state index in [0.717, 1.165) is 5.69 Å². The third kappa shape index (κ3) is 2.86. The number of hydrogen-bond donors (Lipinski definition) is 1. The number of aromatic nitrogens is 1. The Balaban J connectivity index is 2.57. The van der Waals surface area contributed by atoms with Gasteiger partial charge < -0.3 is 9.88 Å². The maximum Gasteiger partial charge on any atom is 0.239 e. The van der Waals surface area contributed by atoms with E-state index in [0.29, 0.717) is 19.5 Å². The van der Waals surface area contributed by atoms with Crippen LogP contribution < -0.4 is 5.32 Å². The second kappa shape index (κ2) is 5.36. The lowest BCUT2D eigenvalue weighted by Crippen LogP contribution is -2.28. The van der Waals surface area contributed by atoms with E-state index in [2.05, 4.69) is 12.2 Å². The molecule has 0 aliphatic rings. The topological polar surface area (TPSA) is 57.8 Å². The second-order valence-corrected chi connectivity index (χ2v) is 3.91. The van der Waals surface area contributed by atoms with Gasteiger partial charge >= 0.3 is 0 Å². The molecule has 86 valence electrons. The lowest BCUT2D eigenvalue weighted by molar-refractivity contribution is -0.121. The summed E-state index contributed by atoms with van der Waals surface area (Å²) in [4.78, 5) is 11.5. The highest BCUT2D eigenvalue weighted by molar-refractivity contribution is 5.75. The number of carbonyl (C=O) groups excluding carboxylic acids is 1. The molecule has 0 aliphatic carbocycles. The van der Waals surface area contributed by atoms with Crippen molar-refractivity contribution < 1.29 is 4.79 Å². The first-order valence-corrected chi connectivity index (χ1v) is 5.33. The van der Waals surface area contributed by atoms with Gasteiger partial charge in [0.25, 0.3) is 0 Å². The minimum Gasteiger partial charge on any atom is -0.354 e. The molecule has 0 aromatic carbocycles. The van der Waals surface area contributed by atoms with Gasteiger partial charge in [0.15, 0.2) is 0 Å². The molecule has 1 N–H and O–H groups in total. The molecular weight excluding hydrogens is 202 g/mol. The Kier molecular flexibility index (Phi) is 4.12. The van der Waals surface area contributed by atoms with E-state index in [9.17, 15) is 4.79 Å². The molecule has 1 aromatic heterocycles. The van der Waals surface area contributed by atoms with Gasteiger partial charge in [-0.3, -0.25) is 4.79 Å². The Bertz CT molecular complexity index is 426. The van der Waals surface area contributed by atoms with Crippen LogP contribution in [0.4, 0.5) is 0 Å². The molecule has 0 saturated heterocycles. The largest absolute Gasteiger partial charge is 0.354 e. The average Bonchev–Trinajstić information content (AvgIpc) is 2.47. The molecule has 4 nitrogen and oxygen atoms in total. The van der Waals surface area contributed by atoms with E-state index in [4.69, 9.17) is 5.26 Å². The Hall–Kier alpha value is -1.76. The summed E-state index contributed by atoms with van der Waals surface area (Å²) in [6, 6.07) is 1.99. The number of amides is 1. The van der Waals surface area contributed by atoms with Crippen LogP contribution in [0.15, 0.2) is 6.20 Å². The zero-order valence-electron chi connectivity index (χ0n) is 10.0. The first-order valence-electron chi connectivity index (χ1n) is 5.33. The van der Waals surface area contributed by atoms with Gasteiger partial charge in [0.2, 0.25) is 5.91 Å². The van der Waals surface area contributed by atoms with Gasteiger partial charge in [0.1, 0.15) is 6.54 Å². The highest BCUT2D eigenvalue weighted by Crippen LogP contribution is 2.14. The van der Waals surface area contributed by atoms with Crippen LogP contribution in [-0.2, 0) is 11.3 Å². The first kappa shape index (κ1) is 12.3. The molecule has 0 bridgehead atoms. The van der Waals surface area contributed by atoms with Gasteiger partial charge in [0.05, 0.1) is 12.5 Å². The Morgan fingerprint density at radius 1 is 1.50 bits per heavy atom. The maximum atomic E-state index is 11.5. The second-order valence-electron chi connectivity index (χ2n) is 3.91. The number of hydrogen-bond acceptors (Lipinski definition) is 2. The minimum absolute atomic E-state index is 0.0478. The van der Waals surface area contributed by atoms with Crippen LogP contribution in [0.2, 0.25) is 0 Å². The average molecular weight is 219 g/mol. The third-order valence-corrected chi connectivity index (χ3v) is 2.79. The summed E-state index contributed by atoms with van der Waals surface area (Å²) in [7, 11) is 0. The van der Waals surface area contributed by atoms with Gasteiger partial charge in [-0.25, -0.2) is 0 Å². The van der Waals surface area contributed by atoms with Crippen LogP contribution in [0.25, 0.3) is 0 Å². The van der Waals surface area contributed by atoms with Gasteiger partial charge in [-0.15, -0.1) is 0 Å². The molecule has 0 saturated carbocycles. The smallest absolute Gasteiger partial charge is 0.239 e. The van der Waals surface area contributed by atoms with Crippen molar-refractivity contribution in [2.75, 3.05) is 6.54 Å². The summed E-state index contributed by atoms with van der Waals surface area (Å²) < 4.78 is 1.94. The summed E-state index contributed by atoms with van der Waals surface area (Å²) in [6.45, 7) is 6.84. The van der Waals surface area contributed by atoms with Crippen LogP contribution in [0.5, 0.6) is 0 Å². The number of nitrogens with one attached hydrogen (secondary N) is 1. The lowest BCUT2D eigenvalue weighted by Gasteiger charge is -2.06. The van der Waals surface area contributed by atoms with Crippen molar-refractivity contribution in [1.82, 2.24) is 9.88 Å². The molecule has 1 amide bonds. The molecule has 0 unspecified atom stereocenters. The van der Waals surface area contributed by atoms with E-state index in [1.807, 2.05) is 30.7 Å². The van der Waals surface area contributed by atoms with Crippen molar-refractivity contribution in [1.29, 1.82) is 5.26 Å². The number of aryl methyl sites for hydroxylation is 1. The third-order valence-electron chi connectivity index (χ3n) is 2.79. The van der Waals surface area contributed by atoms with Gasteiger partial charge in [-0.1, -0.05) is 0 Å². The fourth-order valence-electron chi connectivity index (χ4n) is 1.56. The molecule has 0 aliphatic heterocycles. The van der Waals surface area contributed by atoms with Crippen LogP contribution in [0.1, 0.15) is 23.2 Å². The van der Waals surface area contributed by atoms with E-state index in [1.54, 1.807) is 0 Å². The number of nitriles is 1. The molecule has 0 spiro atoms. The van der Waals surface area contributed by atoms with E-state index < -0.39 is 0 Å². The fourth-order valence-corrected chi connectivity index (χ4v) is 1.56. The summed E-state index contributed by atoms with van der Waals surface area (Å²) in [6.07, 6.45) is 2.34. The SMILES string of the molecule is Cc1cn(CC(=O)NCCC#N)c(C)c1C. The van der Waals surface area contributed by atoms with Gasteiger partial charge in [-0.05, 0) is 31.9 Å². The molecule has 0 fully saturated rings. The van der Waals surface area contributed by atoms with Crippen LogP contribution in [-0.4, -0.2) is 17.0 Å². The molecule has 4 heteroatoms. The molecule has 1 heterocycles. The standard InChI is InChI=1S/C12H17N3O/c1-9-7-15(11(3)10(9)2)8-12(16)14-6-4-5-13/h7H,4,6,8H2,1-3H3,(H,14,16). The Morgan fingerprint density at radius 2 is 2.19 bits per heavy atom. The normalized spacial score (nSPS) is 9.88. The van der Waals surface area contributed by atoms with Crippen molar-refractivity contribution in [3.63, 3.8) is 0 Å². The highest BCUT2D eigenvalue weighted by Gasteiger charge is 2.08. The summed E-state index contributed by atoms with van der Waals surface area (Å²) in [5, 5.41) is 11.1. The van der Waals surface area contributed by atoms with E-state index in [1.165, 1.54) is 11.1 Å². The van der Waals surface area contributed by atoms with Crippen molar-refractivity contribution in [3.05, 3.63) is 23.0 Å². The predicted octanol–water partition coefficient (Wildman–Crippen LogP) is 1.44. The van der Waals surface area contributed by atoms with Gasteiger partial charge in [0, 0.05) is 18.4 Å². The van der Waals surface area contributed by atoms with Crippen molar-refractivity contribution in [2.24, 2.45) is 0 Å². The zero-order chi connectivity index (χ0) is 12.1. The van der Waals surface area contributed by atoms with Crippen LogP contribution >= 0.6 is 0 Å². The summed E-state index contributed by atoms with van der Waals surface area (Å²) in [5.74, 6) is -0.0478. The number of carbonyl (C=O) groups is 1. The minimum atomic E-state index is -0.0478. The number of rotatable bonds is 4. The van der Waals surface area contributed by atoms with E-state index >= 15 is 0 Å². The monoisotopic (exact) mass is 219 g/mol. The Labute approximate surface area is 95.9 Å². The molecule has 1 aromatic rings. The van der Waals surface area contributed by atoms with Crippen molar-refractivity contribution >= 4 is 5.91 Å². The highest BCUT2D eigenvalue weighted by atomic mass is 16.1. The Morgan fingerprint density at radius 3 is 2.69 bits per heavy atom. The molecule has 0 atom stereocenters. The number of nitrogens with zero attached hydrogens (tertiary/aromatic N) is 2. The molecule has 0 radical (unpaired) electrons. The molecule has 1 rings (SSSR count). The first-order chi connectivity index (χ1) is 7.56. The zero-order valence-corrected chi connectivity index (χ0v) is 10.0. The molecular formula is C12H17N3O.